The summed E-state index contributed by atoms with van der Waals surface area (Å²) in [4.78, 5) is 12.6. The fourth-order valence-electron chi connectivity index (χ4n) is 2.83. The minimum absolute atomic E-state index is 0.171. The van der Waals surface area contributed by atoms with E-state index in [9.17, 15) is 4.79 Å². The van der Waals surface area contributed by atoms with Gasteiger partial charge in [-0.1, -0.05) is 12.1 Å². The first-order chi connectivity index (χ1) is 12.5. The van der Waals surface area contributed by atoms with Gasteiger partial charge in [0.05, 0.1) is 36.8 Å². The number of nitrogens with one attached hydrogen (secondary N) is 2. The highest BCUT2D eigenvalue weighted by atomic mass is 16.5. The number of ether oxygens (including phenoxy) is 1. The van der Waals surface area contributed by atoms with Crippen LogP contribution in [0, 0.1) is 20.8 Å². The molecule has 1 amide bonds. The molecule has 0 bridgehead atoms. The molecule has 7 heteroatoms. The second kappa shape index (κ2) is 7.43. The third kappa shape index (κ3) is 3.46. The van der Waals surface area contributed by atoms with E-state index >= 15 is 0 Å². The summed E-state index contributed by atoms with van der Waals surface area (Å²) in [6, 6.07) is 7.51. The van der Waals surface area contributed by atoms with Gasteiger partial charge < -0.3 is 10.1 Å². The molecule has 3 aromatic rings. The van der Waals surface area contributed by atoms with Gasteiger partial charge in [-0.25, -0.2) is 0 Å². The van der Waals surface area contributed by atoms with Gasteiger partial charge in [-0.15, -0.1) is 0 Å². The molecule has 26 heavy (non-hydrogen) atoms. The fourth-order valence-corrected chi connectivity index (χ4v) is 2.83. The lowest BCUT2D eigenvalue weighted by Gasteiger charge is -2.08. The van der Waals surface area contributed by atoms with E-state index in [2.05, 4.69) is 27.5 Å². The Morgan fingerprint density at radius 1 is 1.31 bits per heavy atom. The molecule has 0 aliphatic carbocycles. The SMILES string of the molecule is COc1cccc(-c2[nH]ncc2C(=O)NCCn2nc(C)c(C)c2C)c1. The molecule has 0 unspecified atom stereocenters. The number of rotatable bonds is 6. The number of H-pyrrole nitrogens is 1. The summed E-state index contributed by atoms with van der Waals surface area (Å²) in [6.07, 6.45) is 1.54. The Labute approximate surface area is 152 Å². The minimum Gasteiger partial charge on any atom is -0.497 e. The van der Waals surface area contributed by atoms with Gasteiger partial charge in [-0.3, -0.25) is 14.6 Å². The van der Waals surface area contributed by atoms with Crippen LogP contribution in [0.3, 0.4) is 0 Å². The monoisotopic (exact) mass is 353 g/mol. The largest absolute Gasteiger partial charge is 0.497 e. The predicted octanol–water partition coefficient (Wildman–Crippen LogP) is 2.64. The van der Waals surface area contributed by atoms with Crippen molar-refractivity contribution >= 4 is 5.91 Å². The molecule has 2 aromatic heterocycles. The average Bonchev–Trinajstić information content (AvgIpc) is 3.23. The number of benzene rings is 1. The Morgan fingerprint density at radius 3 is 2.81 bits per heavy atom. The quantitative estimate of drug-likeness (QED) is 0.713. The number of carbonyl (C=O) groups excluding carboxylic acids is 1. The van der Waals surface area contributed by atoms with Crippen LogP contribution >= 0.6 is 0 Å². The molecule has 0 spiro atoms. The van der Waals surface area contributed by atoms with Crippen LogP contribution in [0.25, 0.3) is 11.3 Å². The molecule has 0 atom stereocenters. The van der Waals surface area contributed by atoms with E-state index < -0.39 is 0 Å². The van der Waals surface area contributed by atoms with Gasteiger partial charge in [0.25, 0.3) is 5.91 Å². The number of nitrogens with zero attached hydrogens (tertiary/aromatic N) is 3. The number of carbonyl (C=O) groups is 1. The van der Waals surface area contributed by atoms with E-state index in [4.69, 9.17) is 4.74 Å². The second-order valence-electron chi connectivity index (χ2n) is 6.17. The summed E-state index contributed by atoms with van der Waals surface area (Å²) in [7, 11) is 1.61. The summed E-state index contributed by atoms with van der Waals surface area (Å²) in [6.45, 7) is 7.19. The van der Waals surface area contributed by atoms with Crippen LogP contribution in [0.1, 0.15) is 27.3 Å². The molecular weight excluding hydrogens is 330 g/mol. The second-order valence-corrected chi connectivity index (χ2v) is 6.17. The number of methoxy groups -OCH3 is 1. The third-order valence-electron chi connectivity index (χ3n) is 4.59. The van der Waals surface area contributed by atoms with Crippen molar-refractivity contribution in [1.82, 2.24) is 25.3 Å². The molecule has 0 fully saturated rings. The van der Waals surface area contributed by atoms with Crippen LogP contribution < -0.4 is 10.1 Å². The van der Waals surface area contributed by atoms with Crippen molar-refractivity contribution in [1.29, 1.82) is 0 Å². The normalized spacial score (nSPS) is 10.8. The van der Waals surface area contributed by atoms with Crippen LogP contribution in [-0.2, 0) is 6.54 Å². The summed E-state index contributed by atoms with van der Waals surface area (Å²) in [5.41, 5.74) is 5.35. The highest BCUT2D eigenvalue weighted by Crippen LogP contribution is 2.24. The standard InChI is InChI=1S/C19H23N5O2/c1-12-13(2)23-24(14(12)3)9-8-20-19(25)17-11-21-22-18(17)15-6-5-7-16(10-15)26-4/h5-7,10-11H,8-9H2,1-4H3,(H,20,25)(H,21,22). The molecule has 7 nitrogen and oxygen atoms in total. The maximum atomic E-state index is 12.6. The van der Waals surface area contributed by atoms with Crippen molar-refractivity contribution in [2.45, 2.75) is 27.3 Å². The highest BCUT2D eigenvalue weighted by molar-refractivity contribution is 5.99. The van der Waals surface area contributed by atoms with Crippen molar-refractivity contribution in [2.24, 2.45) is 0 Å². The van der Waals surface area contributed by atoms with Crippen LogP contribution in [0.5, 0.6) is 5.75 Å². The minimum atomic E-state index is -0.171. The van der Waals surface area contributed by atoms with E-state index in [1.807, 2.05) is 42.8 Å². The molecule has 0 saturated carbocycles. The number of aromatic nitrogens is 4. The predicted molar refractivity (Wildman–Crippen MR) is 99.3 cm³/mol. The smallest absolute Gasteiger partial charge is 0.255 e. The topological polar surface area (TPSA) is 84.8 Å². The lowest BCUT2D eigenvalue weighted by atomic mass is 10.1. The van der Waals surface area contributed by atoms with Gasteiger partial charge >= 0.3 is 0 Å². The van der Waals surface area contributed by atoms with E-state index in [-0.39, 0.29) is 5.91 Å². The Hall–Kier alpha value is -3.09. The first-order valence-corrected chi connectivity index (χ1v) is 8.48. The molecule has 136 valence electrons. The molecule has 2 N–H and O–H groups in total. The van der Waals surface area contributed by atoms with Crippen LogP contribution in [0.4, 0.5) is 0 Å². The maximum Gasteiger partial charge on any atom is 0.255 e. The van der Waals surface area contributed by atoms with Crippen molar-refractivity contribution < 1.29 is 9.53 Å². The van der Waals surface area contributed by atoms with Crippen LogP contribution in [-0.4, -0.2) is 39.5 Å². The van der Waals surface area contributed by atoms with Crippen LogP contribution in [0.2, 0.25) is 0 Å². The number of hydrogen-bond acceptors (Lipinski definition) is 4. The number of aromatic amines is 1. The molecule has 2 heterocycles. The zero-order valence-corrected chi connectivity index (χ0v) is 15.5. The molecule has 0 radical (unpaired) electrons. The molecule has 0 saturated heterocycles. The summed E-state index contributed by atoms with van der Waals surface area (Å²) >= 11 is 0. The van der Waals surface area contributed by atoms with Gasteiger partial charge in [0.1, 0.15) is 5.75 Å². The summed E-state index contributed by atoms with van der Waals surface area (Å²) in [5.74, 6) is 0.554. The zero-order valence-electron chi connectivity index (χ0n) is 15.5. The van der Waals surface area contributed by atoms with Gasteiger partial charge in [0.15, 0.2) is 0 Å². The van der Waals surface area contributed by atoms with Crippen molar-refractivity contribution in [3.63, 3.8) is 0 Å². The summed E-state index contributed by atoms with van der Waals surface area (Å²) in [5, 5.41) is 14.3. The third-order valence-corrected chi connectivity index (χ3v) is 4.59. The number of amides is 1. The molecule has 3 rings (SSSR count). The molecule has 1 aromatic carbocycles. The first-order valence-electron chi connectivity index (χ1n) is 8.48. The van der Waals surface area contributed by atoms with E-state index in [1.165, 1.54) is 11.8 Å². The van der Waals surface area contributed by atoms with E-state index in [0.29, 0.717) is 24.3 Å². The average molecular weight is 353 g/mol. The van der Waals surface area contributed by atoms with Crippen LogP contribution in [0.15, 0.2) is 30.5 Å². The van der Waals surface area contributed by atoms with Gasteiger partial charge in [-0.2, -0.15) is 10.2 Å². The van der Waals surface area contributed by atoms with Crippen molar-refractivity contribution in [3.05, 3.63) is 53.0 Å². The van der Waals surface area contributed by atoms with E-state index in [0.717, 1.165) is 22.7 Å². The highest BCUT2D eigenvalue weighted by Gasteiger charge is 2.16. The lowest BCUT2D eigenvalue weighted by molar-refractivity contribution is 0.0952. The Morgan fingerprint density at radius 2 is 2.12 bits per heavy atom. The molecule has 0 aliphatic heterocycles. The van der Waals surface area contributed by atoms with Gasteiger partial charge in [0, 0.05) is 17.8 Å². The lowest BCUT2D eigenvalue weighted by Crippen LogP contribution is -2.28. The van der Waals surface area contributed by atoms with Crippen molar-refractivity contribution in [2.75, 3.05) is 13.7 Å². The van der Waals surface area contributed by atoms with Gasteiger partial charge in [0.2, 0.25) is 0 Å². The summed E-state index contributed by atoms with van der Waals surface area (Å²) < 4.78 is 7.17. The number of hydrogen-bond donors (Lipinski definition) is 2. The fraction of sp³-hybridized carbons (Fsp3) is 0.316. The number of aryl methyl sites for hydroxylation is 1. The Balaban J connectivity index is 1.69. The van der Waals surface area contributed by atoms with Gasteiger partial charge in [-0.05, 0) is 38.5 Å². The molecular formula is C19H23N5O2. The maximum absolute atomic E-state index is 12.6. The van der Waals surface area contributed by atoms with Crippen molar-refractivity contribution in [3.8, 4) is 17.0 Å². The Kier molecular flexibility index (Phi) is 5.06. The zero-order chi connectivity index (χ0) is 18.7. The molecule has 0 aliphatic rings. The van der Waals surface area contributed by atoms with E-state index in [1.54, 1.807) is 7.11 Å². The Bertz CT molecular complexity index is 926. The first kappa shape index (κ1) is 17.7.